The highest BCUT2D eigenvalue weighted by molar-refractivity contribution is 5.43. The van der Waals surface area contributed by atoms with Gasteiger partial charge in [0.1, 0.15) is 5.75 Å². The zero-order valence-electron chi connectivity index (χ0n) is 13.4. The number of benzene rings is 2. The summed E-state index contributed by atoms with van der Waals surface area (Å²) in [5.74, 6) is 0.869. The van der Waals surface area contributed by atoms with Crippen molar-refractivity contribution >= 4 is 0 Å². The Balaban J connectivity index is 2.13. The lowest BCUT2D eigenvalue weighted by atomic mass is 9.94. The molecule has 0 saturated heterocycles. The second-order valence-corrected chi connectivity index (χ2v) is 5.49. The predicted molar refractivity (Wildman–Crippen MR) is 92.2 cm³/mol. The number of hydrogen-bond donors (Lipinski definition) is 1. The van der Waals surface area contributed by atoms with Crippen LogP contribution in [0.5, 0.6) is 5.75 Å². The molecule has 2 N–H and O–H groups in total. The molecule has 0 saturated carbocycles. The van der Waals surface area contributed by atoms with Crippen molar-refractivity contribution in [3.8, 4) is 11.4 Å². The maximum Gasteiger partial charge on any atom is 0.122 e. The van der Waals surface area contributed by atoms with Gasteiger partial charge in [0.25, 0.3) is 0 Å². The summed E-state index contributed by atoms with van der Waals surface area (Å²) < 4.78 is 7.49. The number of ether oxygens (including phenoxy) is 1. The van der Waals surface area contributed by atoms with Crippen molar-refractivity contribution < 1.29 is 4.74 Å². The van der Waals surface area contributed by atoms with E-state index in [1.165, 1.54) is 0 Å². The zero-order chi connectivity index (χ0) is 16.2. The first-order valence-electron chi connectivity index (χ1n) is 7.69. The van der Waals surface area contributed by atoms with Crippen molar-refractivity contribution in [3.63, 3.8) is 0 Å². The van der Waals surface area contributed by atoms with E-state index < -0.39 is 0 Å². The van der Waals surface area contributed by atoms with Crippen molar-refractivity contribution in [1.29, 1.82) is 0 Å². The van der Waals surface area contributed by atoms with Gasteiger partial charge in [0.05, 0.1) is 24.2 Å². The molecule has 4 nitrogen and oxygen atoms in total. The summed E-state index contributed by atoms with van der Waals surface area (Å²) in [4.78, 5) is 0. The Labute approximate surface area is 136 Å². The van der Waals surface area contributed by atoms with Gasteiger partial charge in [-0.1, -0.05) is 36.4 Å². The van der Waals surface area contributed by atoms with Gasteiger partial charge >= 0.3 is 0 Å². The van der Waals surface area contributed by atoms with E-state index in [-0.39, 0.29) is 5.92 Å². The normalized spacial score (nSPS) is 12.1. The maximum absolute atomic E-state index is 6.12. The number of para-hydroxylation sites is 2. The van der Waals surface area contributed by atoms with E-state index in [4.69, 9.17) is 10.5 Å². The number of nitrogens with two attached hydrogens (primary N) is 1. The van der Waals surface area contributed by atoms with Crippen LogP contribution in [-0.2, 0) is 0 Å². The van der Waals surface area contributed by atoms with E-state index in [0.717, 1.165) is 28.4 Å². The Hall–Kier alpha value is -2.59. The maximum atomic E-state index is 6.12. The van der Waals surface area contributed by atoms with Crippen LogP contribution in [0.1, 0.15) is 22.9 Å². The molecule has 0 amide bonds. The van der Waals surface area contributed by atoms with E-state index in [0.29, 0.717) is 6.54 Å². The van der Waals surface area contributed by atoms with Crippen LogP contribution in [0.2, 0.25) is 0 Å². The molecule has 0 aliphatic heterocycles. The average molecular weight is 307 g/mol. The van der Waals surface area contributed by atoms with Crippen LogP contribution >= 0.6 is 0 Å². The number of aromatic nitrogens is 2. The van der Waals surface area contributed by atoms with Crippen molar-refractivity contribution in [2.45, 2.75) is 12.8 Å². The first-order chi connectivity index (χ1) is 11.2. The molecule has 1 aromatic heterocycles. The van der Waals surface area contributed by atoms with Crippen molar-refractivity contribution in [3.05, 3.63) is 77.6 Å². The molecule has 0 spiro atoms. The summed E-state index contributed by atoms with van der Waals surface area (Å²) in [6, 6.07) is 20.2. The van der Waals surface area contributed by atoms with Crippen molar-refractivity contribution in [2.75, 3.05) is 13.7 Å². The van der Waals surface area contributed by atoms with Gasteiger partial charge in [-0.05, 0) is 31.2 Å². The fourth-order valence-corrected chi connectivity index (χ4v) is 2.91. The monoisotopic (exact) mass is 307 g/mol. The van der Waals surface area contributed by atoms with Gasteiger partial charge < -0.3 is 10.5 Å². The Bertz CT molecular complexity index is 780. The molecule has 23 heavy (non-hydrogen) atoms. The van der Waals surface area contributed by atoms with Gasteiger partial charge in [-0.25, -0.2) is 4.68 Å². The number of rotatable bonds is 5. The summed E-state index contributed by atoms with van der Waals surface area (Å²) >= 11 is 0. The Morgan fingerprint density at radius 3 is 2.48 bits per heavy atom. The van der Waals surface area contributed by atoms with Gasteiger partial charge in [-0.3, -0.25) is 0 Å². The lowest BCUT2D eigenvalue weighted by Gasteiger charge is -2.19. The van der Waals surface area contributed by atoms with Crippen LogP contribution in [-0.4, -0.2) is 23.4 Å². The lowest BCUT2D eigenvalue weighted by molar-refractivity contribution is 0.407. The Morgan fingerprint density at radius 2 is 1.78 bits per heavy atom. The van der Waals surface area contributed by atoms with Crippen LogP contribution in [0.15, 0.2) is 60.7 Å². The number of aryl methyl sites for hydroxylation is 1. The van der Waals surface area contributed by atoms with Crippen LogP contribution in [0, 0.1) is 6.92 Å². The minimum Gasteiger partial charge on any atom is -0.496 e. The van der Waals surface area contributed by atoms with E-state index in [9.17, 15) is 0 Å². The molecule has 0 aliphatic rings. The Kier molecular flexibility index (Phi) is 4.44. The summed E-state index contributed by atoms with van der Waals surface area (Å²) in [5, 5.41) is 4.65. The molecule has 4 heteroatoms. The van der Waals surface area contributed by atoms with Gasteiger partial charge in [0.2, 0.25) is 0 Å². The van der Waals surface area contributed by atoms with Gasteiger partial charge in [0, 0.05) is 18.0 Å². The first kappa shape index (κ1) is 15.3. The fourth-order valence-electron chi connectivity index (χ4n) is 2.91. The molecule has 3 aromatic rings. The van der Waals surface area contributed by atoms with Gasteiger partial charge in [-0.15, -0.1) is 0 Å². The minimum atomic E-state index is 0.0209. The third-order valence-corrected chi connectivity index (χ3v) is 3.97. The zero-order valence-corrected chi connectivity index (χ0v) is 13.4. The molecule has 1 unspecified atom stereocenters. The summed E-state index contributed by atoms with van der Waals surface area (Å²) in [5.41, 5.74) is 10.3. The molecule has 0 aliphatic carbocycles. The third kappa shape index (κ3) is 2.98. The topological polar surface area (TPSA) is 53.1 Å². The molecule has 2 aromatic carbocycles. The van der Waals surface area contributed by atoms with Gasteiger partial charge in [-0.2, -0.15) is 5.10 Å². The number of methoxy groups -OCH3 is 1. The van der Waals surface area contributed by atoms with Crippen LogP contribution in [0.4, 0.5) is 0 Å². The van der Waals surface area contributed by atoms with E-state index in [1.54, 1.807) is 7.11 Å². The second kappa shape index (κ2) is 6.67. The van der Waals surface area contributed by atoms with E-state index >= 15 is 0 Å². The molecule has 0 fully saturated rings. The number of nitrogens with zero attached hydrogens (tertiary/aromatic N) is 2. The summed E-state index contributed by atoms with van der Waals surface area (Å²) in [7, 11) is 1.69. The summed E-state index contributed by atoms with van der Waals surface area (Å²) in [6.45, 7) is 2.48. The molecule has 1 heterocycles. The first-order valence-corrected chi connectivity index (χ1v) is 7.69. The average Bonchev–Trinajstić information content (AvgIpc) is 2.98. The highest BCUT2D eigenvalue weighted by Gasteiger charge is 2.22. The van der Waals surface area contributed by atoms with Crippen LogP contribution in [0.3, 0.4) is 0 Å². The third-order valence-electron chi connectivity index (χ3n) is 3.97. The quantitative estimate of drug-likeness (QED) is 0.787. The van der Waals surface area contributed by atoms with Gasteiger partial charge in [0.15, 0.2) is 0 Å². The van der Waals surface area contributed by atoms with Crippen LogP contribution < -0.4 is 10.5 Å². The lowest BCUT2D eigenvalue weighted by Crippen LogP contribution is -2.18. The van der Waals surface area contributed by atoms with E-state index in [1.807, 2.05) is 60.1 Å². The molecule has 0 radical (unpaired) electrons. The molecule has 3 rings (SSSR count). The molecule has 118 valence electrons. The molecule has 0 bridgehead atoms. The smallest absolute Gasteiger partial charge is 0.122 e. The highest BCUT2D eigenvalue weighted by atomic mass is 16.5. The number of hydrogen-bond acceptors (Lipinski definition) is 3. The highest BCUT2D eigenvalue weighted by Crippen LogP contribution is 2.32. The van der Waals surface area contributed by atoms with Crippen molar-refractivity contribution in [1.82, 2.24) is 9.78 Å². The predicted octanol–water partition coefficient (Wildman–Crippen LogP) is 3.28. The van der Waals surface area contributed by atoms with E-state index in [2.05, 4.69) is 17.2 Å². The minimum absolute atomic E-state index is 0.0209. The second-order valence-electron chi connectivity index (χ2n) is 5.49. The molecule has 1 atom stereocenters. The fraction of sp³-hybridized carbons (Fsp3) is 0.211. The van der Waals surface area contributed by atoms with Crippen molar-refractivity contribution in [2.24, 2.45) is 5.73 Å². The molecular weight excluding hydrogens is 286 g/mol. The SMILES string of the molecule is COc1ccccc1C(CN)c1cc(C)nn1-c1ccccc1. The van der Waals surface area contributed by atoms with Crippen LogP contribution in [0.25, 0.3) is 5.69 Å². The summed E-state index contributed by atoms with van der Waals surface area (Å²) in [6.07, 6.45) is 0. The molecular formula is C19H21N3O. The largest absolute Gasteiger partial charge is 0.496 e. The standard InChI is InChI=1S/C19H21N3O/c1-14-12-18(22(21-14)15-8-4-3-5-9-15)17(13-20)16-10-6-7-11-19(16)23-2/h3-12,17H,13,20H2,1-2H3. The Morgan fingerprint density at radius 1 is 1.09 bits per heavy atom.